The van der Waals surface area contributed by atoms with Gasteiger partial charge in [0.15, 0.2) is 0 Å². The third-order valence-corrected chi connectivity index (χ3v) is 4.93. The molecule has 0 atom stereocenters. The van der Waals surface area contributed by atoms with E-state index >= 15 is 0 Å². The number of aryl methyl sites for hydroxylation is 1. The van der Waals surface area contributed by atoms with E-state index in [0.717, 1.165) is 28.6 Å². The number of hydrogen-bond acceptors (Lipinski definition) is 5. The average Bonchev–Trinajstić information content (AvgIpc) is 2.85. The van der Waals surface area contributed by atoms with Crippen LogP contribution in [-0.4, -0.2) is 39.7 Å². The number of amides is 3. The van der Waals surface area contributed by atoms with Gasteiger partial charge in [-0.1, -0.05) is 0 Å². The number of aromatic nitrogens is 1. The van der Waals surface area contributed by atoms with Crippen LogP contribution in [0.5, 0.6) is 0 Å². The molecule has 0 saturated carbocycles. The van der Waals surface area contributed by atoms with Crippen LogP contribution in [0, 0.1) is 6.92 Å². The molecule has 0 unspecified atom stereocenters. The molecule has 0 spiro atoms. The molecule has 7 heteroatoms. The Morgan fingerprint density at radius 3 is 2.75 bits per heavy atom. The molecule has 0 radical (unpaired) electrons. The van der Waals surface area contributed by atoms with Crippen molar-refractivity contribution < 1.29 is 9.59 Å². The van der Waals surface area contributed by atoms with Gasteiger partial charge >= 0.3 is 6.03 Å². The van der Waals surface area contributed by atoms with Crippen LogP contribution in [0.2, 0.25) is 0 Å². The van der Waals surface area contributed by atoms with E-state index in [4.69, 9.17) is 0 Å². The zero-order chi connectivity index (χ0) is 14.8. The number of nitrogens with one attached hydrogen (secondary N) is 1. The lowest BCUT2D eigenvalue weighted by atomic mass is 10.1. The first-order chi connectivity index (χ1) is 9.40. The zero-order valence-corrected chi connectivity index (χ0v) is 13.6. The summed E-state index contributed by atoms with van der Waals surface area (Å²) in [4.78, 5) is 29.3. The molecule has 110 valence electrons. The molecule has 5 nitrogen and oxygen atoms in total. The van der Waals surface area contributed by atoms with Crippen molar-refractivity contribution >= 4 is 35.0 Å². The maximum absolute atomic E-state index is 12.0. The highest BCUT2D eigenvalue weighted by Gasteiger charge is 2.43. The number of thiazole rings is 1. The van der Waals surface area contributed by atoms with Gasteiger partial charge in [0, 0.05) is 17.7 Å². The molecule has 0 aliphatic carbocycles. The summed E-state index contributed by atoms with van der Waals surface area (Å²) in [7, 11) is 0. The summed E-state index contributed by atoms with van der Waals surface area (Å²) in [5, 5.41) is 5.84. The van der Waals surface area contributed by atoms with Crippen molar-refractivity contribution in [3.8, 4) is 0 Å². The molecule has 20 heavy (non-hydrogen) atoms. The number of carbonyl (C=O) groups is 2. The number of carbonyl (C=O) groups excluding carboxylic acids is 2. The van der Waals surface area contributed by atoms with Crippen molar-refractivity contribution in [2.75, 3.05) is 12.3 Å². The van der Waals surface area contributed by atoms with Crippen molar-refractivity contribution in [1.29, 1.82) is 0 Å². The normalized spacial score (nSPS) is 17.6. The lowest BCUT2D eigenvalue weighted by Crippen LogP contribution is -2.40. The number of thioether (sulfide) groups is 1. The summed E-state index contributed by atoms with van der Waals surface area (Å²) in [5.41, 5.74) is 0.344. The van der Waals surface area contributed by atoms with E-state index in [2.05, 4.69) is 15.7 Å². The van der Waals surface area contributed by atoms with Crippen LogP contribution < -0.4 is 5.32 Å². The molecule has 0 bridgehead atoms. The van der Waals surface area contributed by atoms with Crippen molar-refractivity contribution in [1.82, 2.24) is 15.2 Å². The number of imide groups is 1. The summed E-state index contributed by atoms with van der Waals surface area (Å²) in [6.07, 6.45) is 0.809. The van der Waals surface area contributed by atoms with Crippen LogP contribution in [0.25, 0.3) is 0 Å². The van der Waals surface area contributed by atoms with Gasteiger partial charge in [0.2, 0.25) is 0 Å². The Morgan fingerprint density at radius 2 is 2.20 bits per heavy atom. The summed E-state index contributed by atoms with van der Waals surface area (Å²) in [6.45, 7) is 5.94. The third-order valence-electron chi connectivity index (χ3n) is 3.03. The SMILES string of the molecule is Cc1nc(CSCCCN2C(=O)NC(C)(C)C2=O)cs1. The van der Waals surface area contributed by atoms with E-state index in [0.29, 0.717) is 6.54 Å². The van der Waals surface area contributed by atoms with Crippen LogP contribution in [0.1, 0.15) is 31.0 Å². The topological polar surface area (TPSA) is 62.3 Å². The minimum Gasteiger partial charge on any atom is -0.324 e. The Balaban J connectivity index is 1.69. The smallest absolute Gasteiger partial charge is 0.324 e. The van der Waals surface area contributed by atoms with E-state index in [9.17, 15) is 9.59 Å². The third kappa shape index (κ3) is 3.52. The first-order valence-corrected chi connectivity index (χ1v) is 8.56. The molecule has 1 N–H and O–H groups in total. The van der Waals surface area contributed by atoms with Crippen LogP contribution in [-0.2, 0) is 10.5 Å². The number of rotatable bonds is 6. The Bertz CT molecular complexity index is 513. The largest absolute Gasteiger partial charge is 0.325 e. The molecule has 1 aliphatic rings. The Morgan fingerprint density at radius 1 is 1.45 bits per heavy atom. The second-order valence-corrected chi connectivity index (χ2v) is 7.44. The molecular formula is C13H19N3O2S2. The van der Waals surface area contributed by atoms with Crippen molar-refractivity contribution in [2.45, 2.75) is 38.5 Å². The predicted octanol–water partition coefficient (Wildman–Crippen LogP) is 2.41. The predicted molar refractivity (Wildman–Crippen MR) is 82.0 cm³/mol. The first-order valence-electron chi connectivity index (χ1n) is 6.53. The van der Waals surface area contributed by atoms with Gasteiger partial charge in [-0.25, -0.2) is 9.78 Å². The van der Waals surface area contributed by atoms with Gasteiger partial charge in [-0.3, -0.25) is 9.69 Å². The minimum atomic E-state index is -0.762. The van der Waals surface area contributed by atoms with Gasteiger partial charge in [0.25, 0.3) is 5.91 Å². The fourth-order valence-electron chi connectivity index (χ4n) is 2.00. The number of hydrogen-bond donors (Lipinski definition) is 1. The fraction of sp³-hybridized carbons (Fsp3) is 0.615. The van der Waals surface area contributed by atoms with Gasteiger partial charge in [0.05, 0.1) is 10.7 Å². The number of urea groups is 1. The quantitative estimate of drug-likeness (QED) is 0.647. The number of nitrogens with zero attached hydrogens (tertiary/aromatic N) is 2. The van der Waals surface area contributed by atoms with E-state index < -0.39 is 5.54 Å². The molecule has 2 rings (SSSR count). The standard InChI is InChI=1S/C13H19N3O2S2/c1-9-14-10(8-20-9)7-19-6-4-5-16-11(17)13(2,3)15-12(16)18/h8H,4-7H2,1-3H3,(H,15,18). The molecule has 1 aromatic heterocycles. The van der Waals surface area contributed by atoms with Gasteiger partial charge in [-0.05, 0) is 32.9 Å². The second kappa shape index (κ2) is 6.13. The van der Waals surface area contributed by atoms with E-state index in [1.807, 2.05) is 6.92 Å². The van der Waals surface area contributed by atoms with E-state index in [1.54, 1.807) is 36.9 Å². The van der Waals surface area contributed by atoms with Crippen LogP contribution in [0.4, 0.5) is 4.79 Å². The molecule has 1 saturated heterocycles. The van der Waals surface area contributed by atoms with E-state index in [1.165, 1.54) is 4.90 Å². The molecule has 1 fully saturated rings. The Kier molecular flexibility index (Phi) is 4.70. The lowest BCUT2D eigenvalue weighted by molar-refractivity contribution is -0.130. The summed E-state index contributed by atoms with van der Waals surface area (Å²) < 4.78 is 0. The molecule has 2 heterocycles. The van der Waals surface area contributed by atoms with Crippen LogP contribution in [0.3, 0.4) is 0 Å². The first kappa shape index (κ1) is 15.3. The molecule has 0 aromatic carbocycles. The maximum atomic E-state index is 12.0. The maximum Gasteiger partial charge on any atom is 0.325 e. The Labute approximate surface area is 127 Å². The fourth-order valence-corrected chi connectivity index (χ4v) is 3.55. The monoisotopic (exact) mass is 313 g/mol. The summed E-state index contributed by atoms with van der Waals surface area (Å²) in [5.74, 6) is 1.66. The van der Waals surface area contributed by atoms with Gasteiger partial charge in [-0.2, -0.15) is 11.8 Å². The van der Waals surface area contributed by atoms with Crippen LogP contribution in [0.15, 0.2) is 5.38 Å². The van der Waals surface area contributed by atoms with Gasteiger partial charge in [-0.15, -0.1) is 11.3 Å². The highest BCUT2D eigenvalue weighted by molar-refractivity contribution is 7.98. The highest BCUT2D eigenvalue weighted by atomic mass is 32.2. The van der Waals surface area contributed by atoms with Crippen molar-refractivity contribution in [3.05, 3.63) is 16.1 Å². The van der Waals surface area contributed by atoms with Crippen molar-refractivity contribution in [3.63, 3.8) is 0 Å². The zero-order valence-electron chi connectivity index (χ0n) is 11.9. The van der Waals surface area contributed by atoms with Gasteiger partial charge in [0.1, 0.15) is 5.54 Å². The minimum absolute atomic E-state index is 0.136. The highest BCUT2D eigenvalue weighted by Crippen LogP contribution is 2.19. The van der Waals surface area contributed by atoms with Gasteiger partial charge < -0.3 is 5.32 Å². The molecular weight excluding hydrogens is 294 g/mol. The Hall–Kier alpha value is -1.08. The molecule has 1 aromatic rings. The second-order valence-electron chi connectivity index (χ2n) is 5.28. The summed E-state index contributed by atoms with van der Waals surface area (Å²) >= 11 is 3.44. The van der Waals surface area contributed by atoms with Crippen LogP contribution >= 0.6 is 23.1 Å². The molecule has 1 aliphatic heterocycles. The summed E-state index contributed by atoms with van der Waals surface area (Å²) in [6, 6.07) is -0.278. The molecule has 3 amide bonds. The van der Waals surface area contributed by atoms with Crippen molar-refractivity contribution in [2.24, 2.45) is 0 Å². The van der Waals surface area contributed by atoms with E-state index in [-0.39, 0.29) is 11.9 Å². The lowest BCUT2D eigenvalue weighted by Gasteiger charge is -2.15. The average molecular weight is 313 g/mol.